The summed E-state index contributed by atoms with van der Waals surface area (Å²) in [6.45, 7) is 0. The molecule has 0 saturated carbocycles. The van der Waals surface area contributed by atoms with Crippen LogP contribution in [0.15, 0.2) is 42.5 Å². The molecule has 31 heavy (non-hydrogen) atoms. The quantitative estimate of drug-likeness (QED) is 0.504. The van der Waals surface area contributed by atoms with Gasteiger partial charge in [0.2, 0.25) is 0 Å². The van der Waals surface area contributed by atoms with Gasteiger partial charge in [-0.2, -0.15) is 0 Å². The van der Waals surface area contributed by atoms with Crippen molar-refractivity contribution in [3.8, 4) is 28.4 Å². The number of ether oxygens (including phenoxy) is 3. The van der Waals surface area contributed by atoms with Crippen molar-refractivity contribution in [2.24, 2.45) is 0 Å². The summed E-state index contributed by atoms with van der Waals surface area (Å²) in [5.74, 6) is 1.19. The Morgan fingerprint density at radius 2 is 1.42 bits per heavy atom. The van der Waals surface area contributed by atoms with Crippen LogP contribution in [0.1, 0.15) is 20.7 Å². The number of aromatic amines is 1. The number of nitrogens with one attached hydrogen (secondary N) is 1. The van der Waals surface area contributed by atoms with E-state index < -0.39 is 0 Å². The van der Waals surface area contributed by atoms with E-state index >= 15 is 0 Å². The van der Waals surface area contributed by atoms with Gasteiger partial charge >= 0.3 is 0 Å². The molecule has 0 spiro atoms. The van der Waals surface area contributed by atoms with Crippen LogP contribution in [0.25, 0.3) is 32.9 Å². The molecule has 4 aromatic rings. The number of imide groups is 1. The molecule has 5 rings (SSSR count). The van der Waals surface area contributed by atoms with E-state index in [4.69, 9.17) is 14.2 Å². The van der Waals surface area contributed by atoms with Gasteiger partial charge in [-0.05, 0) is 42.5 Å². The Kier molecular flexibility index (Phi) is 4.15. The number of carbonyl (C=O) groups is 2. The molecule has 7 heteroatoms. The number of nitrogens with zero attached hydrogens (tertiary/aromatic N) is 1. The third kappa shape index (κ3) is 2.59. The van der Waals surface area contributed by atoms with Crippen molar-refractivity contribution >= 4 is 33.6 Å². The Morgan fingerprint density at radius 3 is 2.13 bits per heavy atom. The second-order valence-electron chi connectivity index (χ2n) is 7.37. The molecule has 1 aliphatic rings. The molecule has 7 nitrogen and oxygen atoms in total. The first-order valence-electron chi connectivity index (χ1n) is 9.69. The Morgan fingerprint density at radius 1 is 0.742 bits per heavy atom. The normalized spacial score (nSPS) is 13.2. The number of fused-ring (bicyclic) bond motifs is 5. The fraction of sp³-hybridized carbons (Fsp3) is 0.167. The van der Waals surface area contributed by atoms with Crippen LogP contribution >= 0.6 is 0 Å². The van der Waals surface area contributed by atoms with Crippen molar-refractivity contribution in [1.29, 1.82) is 0 Å². The number of aromatic nitrogens is 1. The predicted molar refractivity (Wildman–Crippen MR) is 117 cm³/mol. The molecule has 3 aromatic carbocycles. The number of benzene rings is 3. The standard InChI is InChI=1S/C24H20N2O5/c1-26-23(27)21-15(14-9-13(30-3)6-8-19(14)31-4)11-18-20(22(21)24(26)28)16-10-12(29-2)5-7-17(16)25-18/h5-11,25H,1-4H3. The first-order chi connectivity index (χ1) is 15.0. The van der Waals surface area contributed by atoms with Gasteiger partial charge in [0.15, 0.2) is 0 Å². The summed E-state index contributed by atoms with van der Waals surface area (Å²) in [5.41, 5.74) is 3.62. The van der Waals surface area contributed by atoms with Crippen LogP contribution in [-0.4, -0.2) is 50.1 Å². The van der Waals surface area contributed by atoms with Crippen molar-refractivity contribution in [2.75, 3.05) is 28.4 Å². The lowest BCUT2D eigenvalue weighted by molar-refractivity contribution is 0.0694. The second kappa shape index (κ2) is 6.77. The van der Waals surface area contributed by atoms with Crippen molar-refractivity contribution < 1.29 is 23.8 Å². The van der Waals surface area contributed by atoms with Gasteiger partial charge in [0.05, 0.1) is 32.5 Å². The van der Waals surface area contributed by atoms with E-state index in [0.29, 0.717) is 44.9 Å². The van der Waals surface area contributed by atoms with E-state index in [1.54, 1.807) is 33.5 Å². The maximum Gasteiger partial charge on any atom is 0.262 e. The maximum atomic E-state index is 13.2. The third-order valence-corrected chi connectivity index (χ3v) is 5.83. The molecule has 1 aliphatic heterocycles. The Balaban J connectivity index is 1.94. The molecule has 1 N–H and O–H groups in total. The van der Waals surface area contributed by atoms with Crippen LogP contribution in [0.3, 0.4) is 0 Å². The molecule has 0 unspecified atom stereocenters. The van der Waals surface area contributed by atoms with Crippen LogP contribution in [-0.2, 0) is 0 Å². The van der Waals surface area contributed by atoms with Crippen LogP contribution < -0.4 is 14.2 Å². The molecular formula is C24H20N2O5. The summed E-state index contributed by atoms with van der Waals surface area (Å²) in [6, 6.07) is 12.9. The minimum absolute atomic E-state index is 0.336. The number of H-pyrrole nitrogens is 1. The van der Waals surface area contributed by atoms with E-state index in [2.05, 4.69) is 4.98 Å². The molecule has 0 saturated heterocycles. The SMILES string of the molecule is COc1ccc(OC)c(-c2cc3[nH]c4ccc(OC)cc4c3c3c2C(=O)N(C)C3=O)c1. The number of hydrogen-bond acceptors (Lipinski definition) is 5. The molecule has 0 atom stereocenters. The number of carbonyl (C=O) groups excluding carboxylic acids is 2. The predicted octanol–water partition coefficient (Wildman–Crippen LogP) is 4.24. The van der Waals surface area contributed by atoms with Crippen molar-refractivity contribution in [3.05, 3.63) is 53.6 Å². The lowest BCUT2D eigenvalue weighted by atomic mass is 9.92. The van der Waals surface area contributed by atoms with Crippen molar-refractivity contribution in [1.82, 2.24) is 9.88 Å². The highest BCUT2D eigenvalue weighted by Gasteiger charge is 2.38. The molecule has 1 aromatic heterocycles. The molecular weight excluding hydrogens is 396 g/mol. The van der Waals surface area contributed by atoms with Crippen LogP contribution in [0.5, 0.6) is 17.2 Å². The van der Waals surface area contributed by atoms with Crippen molar-refractivity contribution in [3.63, 3.8) is 0 Å². The summed E-state index contributed by atoms with van der Waals surface area (Å²) >= 11 is 0. The third-order valence-electron chi connectivity index (χ3n) is 5.83. The summed E-state index contributed by atoms with van der Waals surface area (Å²) in [7, 11) is 6.24. The van der Waals surface area contributed by atoms with E-state index in [-0.39, 0.29) is 11.8 Å². The molecule has 0 aliphatic carbocycles. The van der Waals surface area contributed by atoms with Gasteiger partial charge in [-0.3, -0.25) is 14.5 Å². The highest BCUT2D eigenvalue weighted by molar-refractivity contribution is 6.32. The van der Waals surface area contributed by atoms with E-state index in [1.165, 1.54) is 7.05 Å². The summed E-state index contributed by atoms with van der Waals surface area (Å²) in [4.78, 5) is 30.9. The average Bonchev–Trinajstić information content (AvgIpc) is 3.27. The highest BCUT2D eigenvalue weighted by atomic mass is 16.5. The summed E-state index contributed by atoms with van der Waals surface area (Å²) < 4.78 is 16.3. The number of rotatable bonds is 4. The fourth-order valence-electron chi connectivity index (χ4n) is 4.27. The minimum atomic E-state index is -0.348. The molecule has 156 valence electrons. The summed E-state index contributed by atoms with van der Waals surface area (Å²) in [5, 5.41) is 1.53. The smallest absolute Gasteiger partial charge is 0.262 e. The Bertz CT molecular complexity index is 1400. The van der Waals surface area contributed by atoms with Crippen molar-refractivity contribution in [2.45, 2.75) is 0 Å². The van der Waals surface area contributed by atoms with E-state index in [9.17, 15) is 9.59 Å². The number of hydrogen-bond donors (Lipinski definition) is 1. The zero-order valence-electron chi connectivity index (χ0n) is 17.5. The lowest BCUT2D eigenvalue weighted by Gasteiger charge is -2.14. The van der Waals surface area contributed by atoms with Gasteiger partial charge in [-0.1, -0.05) is 0 Å². The van der Waals surface area contributed by atoms with Crippen LogP contribution in [0.4, 0.5) is 0 Å². The van der Waals surface area contributed by atoms with Gasteiger partial charge in [-0.25, -0.2) is 0 Å². The maximum absolute atomic E-state index is 13.2. The first kappa shape index (κ1) is 19.0. The largest absolute Gasteiger partial charge is 0.497 e. The molecule has 0 radical (unpaired) electrons. The Hall–Kier alpha value is -4.00. The van der Waals surface area contributed by atoms with Gasteiger partial charge in [-0.15, -0.1) is 0 Å². The second-order valence-corrected chi connectivity index (χ2v) is 7.37. The van der Waals surface area contributed by atoms with E-state index in [0.717, 1.165) is 21.3 Å². The van der Waals surface area contributed by atoms with E-state index in [1.807, 2.05) is 30.3 Å². The monoisotopic (exact) mass is 416 g/mol. The lowest BCUT2D eigenvalue weighted by Crippen LogP contribution is -2.24. The first-order valence-corrected chi connectivity index (χ1v) is 9.69. The Labute approximate surface area is 178 Å². The average molecular weight is 416 g/mol. The zero-order valence-corrected chi connectivity index (χ0v) is 17.5. The molecule has 2 amide bonds. The number of methoxy groups -OCH3 is 3. The number of amides is 2. The van der Waals surface area contributed by atoms with Gasteiger partial charge in [0.1, 0.15) is 17.2 Å². The van der Waals surface area contributed by atoms with Crippen LogP contribution in [0.2, 0.25) is 0 Å². The molecule has 0 fully saturated rings. The summed E-state index contributed by atoms with van der Waals surface area (Å²) in [6.07, 6.45) is 0. The topological polar surface area (TPSA) is 80.9 Å². The van der Waals surface area contributed by atoms with Gasteiger partial charge < -0.3 is 19.2 Å². The molecule has 0 bridgehead atoms. The van der Waals surface area contributed by atoms with Gasteiger partial charge in [0.25, 0.3) is 11.8 Å². The zero-order chi connectivity index (χ0) is 21.9. The van der Waals surface area contributed by atoms with Crippen LogP contribution in [0, 0.1) is 0 Å². The highest BCUT2D eigenvalue weighted by Crippen LogP contribution is 2.44. The molecule has 2 heterocycles. The minimum Gasteiger partial charge on any atom is -0.497 e. The fourth-order valence-corrected chi connectivity index (χ4v) is 4.27. The van der Waals surface area contributed by atoms with Gasteiger partial charge in [0, 0.05) is 40.0 Å².